The summed E-state index contributed by atoms with van der Waals surface area (Å²) in [6, 6.07) is 6.05. The van der Waals surface area contributed by atoms with Crippen molar-refractivity contribution in [1.82, 2.24) is 9.78 Å². The molecule has 2 aromatic rings. The highest BCUT2D eigenvalue weighted by Crippen LogP contribution is 2.25. The van der Waals surface area contributed by atoms with Crippen molar-refractivity contribution < 1.29 is 5.11 Å². The molecule has 2 rings (SSSR count). The Bertz CT molecular complexity index is 543. The van der Waals surface area contributed by atoms with E-state index in [4.69, 9.17) is 0 Å². The van der Waals surface area contributed by atoms with Gasteiger partial charge in [0.05, 0.1) is 6.20 Å². The highest BCUT2D eigenvalue weighted by Gasteiger charge is 2.16. The first-order chi connectivity index (χ1) is 8.00. The fourth-order valence-electron chi connectivity index (χ4n) is 1.90. The molecule has 0 bridgehead atoms. The van der Waals surface area contributed by atoms with Crippen molar-refractivity contribution in [3.05, 3.63) is 52.3 Å². The Balaban J connectivity index is 2.40. The number of rotatable bonds is 2. The van der Waals surface area contributed by atoms with Crippen molar-refractivity contribution in [2.45, 2.75) is 26.9 Å². The van der Waals surface area contributed by atoms with Gasteiger partial charge >= 0.3 is 0 Å². The molecule has 17 heavy (non-hydrogen) atoms. The molecular weight excluding hydrogens is 212 g/mol. The predicted octanol–water partition coefficient (Wildman–Crippen LogP) is 2.43. The molecule has 0 saturated carbocycles. The topological polar surface area (TPSA) is 38.1 Å². The zero-order valence-electron chi connectivity index (χ0n) is 10.7. The van der Waals surface area contributed by atoms with Crippen LogP contribution in [0.4, 0.5) is 0 Å². The highest BCUT2D eigenvalue weighted by atomic mass is 16.3. The van der Waals surface area contributed by atoms with E-state index in [9.17, 15) is 5.11 Å². The van der Waals surface area contributed by atoms with E-state index in [1.165, 1.54) is 11.1 Å². The number of benzene rings is 1. The Morgan fingerprint density at radius 3 is 2.41 bits per heavy atom. The van der Waals surface area contributed by atoms with Gasteiger partial charge in [-0.1, -0.05) is 18.2 Å². The standard InChI is InChI=1S/C14H18N2O/c1-9-5-6-12(7-10(9)2)14(17)13-8-15-16(4)11(13)3/h5-8,14,17H,1-4H3. The van der Waals surface area contributed by atoms with E-state index in [0.29, 0.717) is 0 Å². The van der Waals surface area contributed by atoms with Gasteiger partial charge in [-0.3, -0.25) is 4.68 Å². The van der Waals surface area contributed by atoms with E-state index in [0.717, 1.165) is 16.8 Å². The molecule has 0 saturated heterocycles. The van der Waals surface area contributed by atoms with Gasteiger partial charge in [0, 0.05) is 18.3 Å². The molecule has 0 amide bonds. The number of aryl methyl sites for hydroxylation is 3. The van der Waals surface area contributed by atoms with Crippen molar-refractivity contribution in [1.29, 1.82) is 0 Å². The van der Waals surface area contributed by atoms with Crippen LogP contribution in [0.1, 0.15) is 34.1 Å². The Hall–Kier alpha value is -1.61. The Morgan fingerprint density at radius 2 is 1.88 bits per heavy atom. The quantitative estimate of drug-likeness (QED) is 0.860. The Morgan fingerprint density at radius 1 is 1.18 bits per heavy atom. The first-order valence-corrected chi connectivity index (χ1v) is 5.74. The fraction of sp³-hybridized carbons (Fsp3) is 0.357. The van der Waals surface area contributed by atoms with Crippen LogP contribution < -0.4 is 0 Å². The summed E-state index contributed by atoms with van der Waals surface area (Å²) in [5.41, 5.74) is 5.22. The molecule has 1 aromatic carbocycles. The summed E-state index contributed by atoms with van der Waals surface area (Å²) < 4.78 is 1.78. The summed E-state index contributed by atoms with van der Waals surface area (Å²) in [5.74, 6) is 0. The van der Waals surface area contributed by atoms with Crippen LogP contribution in [0.2, 0.25) is 0 Å². The summed E-state index contributed by atoms with van der Waals surface area (Å²) in [6.07, 6.45) is 1.14. The second-order valence-corrected chi connectivity index (χ2v) is 4.56. The summed E-state index contributed by atoms with van der Waals surface area (Å²) in [5, 5.41) is 14.5. The molecule has 0 aliphatic carbocycles. The molecular formula is C14H18N2O. The first-order valence-electron chi connectivity index (χ1n) is 5.74. The van der Waals surface area contributed by atoms with Crippen molar-refractivity contribution in [3.8, 4) is 0 Å². The van der Waals surface area contributed by atoms with Crippen molar-refractivity contribution in [2.24, 2.45) is 7.05 Å². The predicted molar refractivity (Wildman–Crippen MR) is 67.9 cm³/mol. The van der Waals surface area contributed by atoms with E-state index in [2.05, 4.69) is 18.9 Å². The van der Waals surface area contributed by atoms with Gasteiger partial charge in [-0.2, -0.15) is 5.10 Å². The van der Waals surface area contributed by atoms with Crippen LogP contribution in [0.3, 0.4) is 0 Å². The normalized spacial score (nSPS) is 12.8. The Labute approximate surface area is 102 Å². The Kier molecular flexibility index (Phi) is 3.03. The van der Waals surface area contributed by atoms with Gasteiger partial charge in [0.25, 0.3) is 0 Å². The summed E-state index contributed by atoms with van der Waals surface area (Å²) >= 11 is 0. The maximum Gasteiger partial charge on any atom is 0.107 e. The van der Waals surface area contributed by atoms with Gasteiger partial charge in [0.15, 0.2) is 0 Å². The lowest BCUT2D eigenvalue weighted by Crippen LogP contribution is -2.02. The van der Waals surface area contributed by atoms with Crippen LogP contribution >= 0.6 is 0 Å². The van der Waals surface area contributed by atoms with E-state index in [1.807, 2.05) is 32.2 Å². The van der Waals surface area contributed by atoms with Gasteiger partial charge in [0.1, 0.15) is 6.10 Å². The van der Waals surface area contributed by atoms with E-state index in [-0.39, 0.29) is 0 Å². The first kappa shape index (κ1) is 11.9. The smallest absolute Gasteiger partial charge is 0.107 e. The van der Waals surface area contributed by atoms with E-state index < -0.39 is 6.10 Å². The van der Waals surface area contributed by atoms with Crippen LogP contribution in [-0.4, -0.2) is 14.9 Å². The third-order valence-electron chi connectivity index (χ3n) is 3.41. The minimum Gasteiger partial charge on any atom is -0.384 e. The summed E-state index contributed by atoms with van der Waals surface area (Å²) in [7, 11) is 1.88. The van der Waals surface area contributed by atoms with Crippen molar-refractivity contribution in [2.75, 3.05) is 0 Å². The molecule has 0 spiro atoms. The van der Waals surface area contributed by atoms with Gasteiger partial charge < -0.3 is 5.11 Å². The molecule has 1 heterocycles. The molecule has 0 aliphatic rings. The third-order valence-corrected chi connectivity index (χ3v) is 3.41. The van der Waals surface area contributed by atoms with Gasteiger partial charge in [-0.15, -0.1) is 0 Å². The molecule has 0 fully saturated rings. The SMILES string of the molecule is Cc1ccc(C(O)c2cnn(C)c2C)cc1C. The number of nitrogens with zero attached hydrogens (tertiary/aromatic N) is 2. The monoisotopic (exact) mass is 230 g/mol. The molecule has 3 heteroatoms. The number of hydrogen-bond donors (Lipinski definition) is 1. The van der Waals surface area contributed by atoms with Crippen LogP contribution in [0, 0.1) is 20.8 Å². The maximum absolute atomic E-state index is 10.3. The third kappa shape index (κ3) is 2.11. The second kappa shape index (κ2) is 4.34. The summed E-state index contributed by atoms with van der Waals surface area (Å²) in [4.78, 5) is 0. The molecule has 0 radical (unpaired) electrons. The largest absolute Gasteiger partial charge is 0.384 e. The molecule has 0 aliphatic heterocycles. The van der Waals surface area contributed by atoms with Crippen molar-refractivity contribution >= 4 is 0 Å². The van der Waals surface area contributed by atoms with E-state index in [1.54, 1.807) is 10.9 Å². The fourth-order valence-corrected chi connectivity index (χ4v) is 1.90. The van der Waals surface area contributed by atoms with Gasteiger partial charge in [-0.25, -0.2) is 0 Å². The second-order valence-electron chi connectivity index (χ2n) is 4.56. The molecule has 1 unspecified atom stereocenters. The number of aliphatic hydroxyl groups is 1. The average molecular weight is 230 g/mol. The van der Waals surface area contributed by atoms with Gasteiger partial charge in [-0.05, 0) is 37.5 Å². The summed E-state index contributed by atoms with van der Waals surface area (Å²) in [6.45, 7) is 6.09. The lowest BCUT2D eigenvalue weighted by Gasteiger charge is -2.12. The van der Waals surface area contributed by atoms with Crippen LogP contribution in [0.25, 0.3) is 0 Å². The lowest BCUT2D eigenvalue weighted by molar-refractivity contribution is 0.219. The molecule has 3 nitrogen and oxygen atoms in total. The zero-order valence-corrected chi connectivity index (χ0v) is 10.7. The minimum atomic E-state index is -0.594. The number of aliphatic hydroxyl groups excluding tert-OH is 1. The average Bonchev–Trinajstić information content (AvgIpc) is 2.63. The minimum absolute atomic E-state index is 0.594. The van der Waals surface area contributed by atoms with Crippen molar-refractivity contribution in [3.63, 3.8) is 0 Å². The van der Waals surface area contributed by atoms with Crippen LogP contribution in [0.5, 0.6) is 0 Å². The lowest BCUT2D eigenvalue weighted by atomic mass is 9.98. The van der Waals surface area contributed by atoms with Gasteiger partial charge in [0.2, 0.25) is 0 Å². The van der Waals surface area contributed by atoms with E-state index >= 15 is 0 Å². The van der Waals surface area contributed by atoms with Crippen LogP contribution in [0.15, 0.2) is 24.4 Å². The molecule has 1 aromatic heterocycles. The molecule has 1 N–H and O–H groups in total. The van der Waals surface area contributed by atoms with Crippen LogP contribution in [-0.2, 0) is 7.05 Å². The zero-order chi connectivity index (χ0) is 12.6. The highest BCUT2D eigenvalue weighted by molar-refractivity contribution is 5.36. The number of hydrogen-bond acceptors (Lipinski definition) is 2. The number of aromatic nitrogens is 2. The molecule has 90 valence electrons. The molecule has 1 atom stereocenters. The maximum atomic E-state index is 10.3.